The van der Waals surface area contributed by atoms with Gasteiger partial charge in [0.05, 0.1) is 0 Å². The van der Waals surface area contributed by atoms with Crippen LogP contribution in [0.25, 0.3) is 6.08 Å². The van der Waals surface area contributed by atoms with E-state index in [1.54, 1.807) is 24.3 Å². The maximum absolute atomic E-state index is 11.8. The first kappa shape index (κ1) is 16.6. The molecule has 0 aliphatic rings. The first-order chi connectivity index (χ1) is 9.99. The predicted molar refractivity (Wildman–Crippen MR) is 86.9 cm³/mol. The van der Waals surface area contributed by atoms with Gasteiger partial charge in [0.25, 0.3) is 0 Å². The molecule has 1 aromatic rings. The molecular weight excluding hydrogens is 264 g/mol. The summed E-state index contributed by atoms with van der Waals surface area (Å²) in [6, 6.07) is 3.45. The van der Waals surface area contributed by atoms with Crippen LogP contribution in [0.5, 0.6) is 0 Å². The van der Waals surface area contributed by atoms with E-state index in [0.29, 0.717) is 11.5 Å². The summed E-state index contributed by atoms with van der Waals surface area (Å²) in [5.41, 5.74) is 0. The number of carbonyl (C=O) groups excluding carboxylic acids is 1. The van der Waals surface area contributed by atoms with E-state index < -0.39 is 0 Å². The first-order valence-corrected chi connectivity index (χ1v) is 6.66. The average Bonchev–Trinajstić information content (AvgIpc) is 2.88. The van der Waals surface area contributed by atoms with E-state index in [4.69, 9.17) is 4.42 Å². The molecule has 0 aliphatic carbocycles. The summed E-state index contributed by atoms with van der Waals surface area (Å²) in [6.45, 7) is 0. The lowest BCUT2D eigenvalue weighted by Crippen LogP contribution is -1.99. The molecule has 112 valence electrons. The Labute approximate surface area is 126 Å². The molecule has 1 heterocycles. The van der Waals surface area contributed by atoms with Crippen LogP contribution < -0.4 is 0 Å². The minimum Gasteiger partial charge on any atom is -0.453 e. The van der Waals surface area contributed by atoms with Gasteiger partial charge in [-0.05, 0) is 48.8 Å². The Bertz CT molecular complexity index is 561. The number of hydrogen-bond acceptors (Lipinski definition) is 4. The fourth-order valence-electron chi connectivity index (χ4n) is 1.39. The highest BCUT2D eigenvalue weighted by Crippen LogP contribution is 2.11. The fraction of sp³-hybridized carbons (Fsp3) is 0.235. The molecule has 0 bridgehead atoms. The average molecular weight is 286 g/mol. The highest BCUT2D eigenvalue weighted by molar-refractivity contribution is 6.02. The molecule has 0 fully saturated rings. The molecule has 0 aromatic carbocycles. The first-order valence-electron chi connectivity index (χ1n) is 6.66. The maximum atomic E-state index is 11.8. The molecule has 4 heteroatoms. The number of allylic oxidation sites excluding steroid dienone is 5. The molecule has 4 nitrogen and oxygen atoms in total. The zero-order valence-corrected chi connectivity index (χ0v) is 13.0. The predicted octanol–water partition coefficient (Wildman–Crippen LogP) is 3.18. The lowest BCUT2D eigenvalue weighted by molar-refractivity contribution is 0.102. The van der Waals surface area contributed by atoms with Crippen molar-refractivity contribution in [1.29, 1.82) is 0 Å². The summed E-state index contributed by atoms with van der Waals surface area (Å²) < 4.78 is 5.46. The van der Waals surface area contributed by atoms with Gasteiger partial charge in [-0.3, -0.25) is 4.79 Å². The Balaban J connectivity index is 2.60. The Hall–Kier alpha value is -2.49. The molecular formula is C17H22N2O2. The zero-order valence-electron chi connectivity index (χ0n) is 13.0. The molecule has 1 aromatic heterocycles. The third kappa shape index (κ3) is 7.01. The number of carbonyl (C=O) groups is 1. The largest absolute Gasteiger partial charge is 0.453 e. The SMILES string of the molecule is CN(C)/C=C/C=C/C(=O)c1ccc(/C=C/C=C/N(C)C)o1. The van der Waals surface area contributed by atoms with Gasteiger partial charge >= 0.3 is 0 Å². The molecule has 0 saturated heterocycles. The number of hydrogen-bond donors (Lipinski definition) is 0. The molecule has 0 atom stereocenters. The summed E-state index contributed by atoms with van der Waals surface area (Å²) in [4.78, 5) is 15.7. The van der Waals surface area contributed by atoms with Crippen LogP contribution in [-0.4, -0.2) is 43.8 Å². The van der Waals surface area contributed by atoms with E-state index >= 15 is 0 Å². The molecule has 21 heavy (non-hydrogen) atoms. The van der Waals surface area contributed by atoms with Gasteiger partial charge in [-0.25, -0.2) is 0 Å². The Morgan fingerprint density at radius 1 is 0.952 bits per heavy atom. The summed E-state index contributed by atoms with van der Waals surface area (Å²) >= 11 is 0. The number of ketones is 1. The zero-order chi connectivity index (χ0) is 15.7. The summed E-state index contributed by atoms with van der Waals surface area (Å²) in [6.07, 6.45) is 14.3. The van der Waals surface area contributed by atoms with Crippen molar-refractivity contribution in [2.45, 2.75) is 0 Å². The minimum absolute atomic E-state index is 0.151. The van der Waals surface area contributed by atoms with Gasteiger partial charge in [-0.2, -0.15) is 0 Å². The summed E-state index contributed by atoms with van der Waals surface area (Å²) in [5.74, 6) is 0.835. The molecule has 0 saturated carbocycles. The van der Waals surface area contributed by atoms with Gasteiger partial charge in [-0.1, -0.05) is 12.2 Å². The smallest absolute Gasteiger partial charge is 0.221 e. The van der Waals surface area contributed by atoms with Gasteiger partial charge in [0.15, 0.2) is 5.76 Å². The van der Waals surface area contributed by atoms with Crippen LogP contribution in [0.15, 0.2) is 59.3 Å². The standard InChI is InChI=1S/C17H22N2O2/c1-18(2)13-7-5-9-15-11-12-17(21-15)16(20)10-6-8-14-19(3)4/h5-14H,1-4H3/b9-5+,10-6+,13-7+,14-8+. The van der Waals surface area contributed by atoms with Crippen molar-refractivity contribution in [3.05, 3.63) is 66.4 Å². The van der Waals surface area contributed by atoms with Gasteiger partial charge in [0.1, 0.15) is 5.76 Å². The highest BCUT2D eigenvalue weighted by atomic mass is 16.3. The van der Waals surface area contributed by atoms with Gasteiger partial charge in [-0.15, -0.1) is 0 Å². The topological polar surface area (TPSA) is 36.7 Å². The van der Waals surface area contributed by atoms with Crippen molar-refractivity contribution in [1.82, 2.24) is 9.80 Å². The van der Waals surface area contributed by atoms with E-state index in [0.717, 1.165) is 0 Å². The molecule has 0 N–H and O–H groups in total. The van der Waals surface area contributed by atoms with Crippen LogP contribution in [0.4, 0.5) is 0 Å². The fourth-order valence-corrected chi connectivity index (χ4v) is 1.39. The maximum Gasteiger partial charge on any atom is 0.221 e. The number of nitrogens with zero attached hydrogens (tertiary/aromatic N) is 2. The molecule has 1 rings (SSSR count). The lowest BCUT2D eigenvalue weighted by Gasteiger charge is -2.00. The van der Waals surface area contributed by atoms with Crippen molar-refractivity contribution in [2.75, 3.05) is 28.2 Å². The van der Waals surface area contributed by atoms with Crippen molar-refractivity contribution in [2.24, 2.45) is 0 Å². The Morgan fingerprint density at radius 3 is 2.19 bits per heavy atom. The number of rotatable bonds is 7. The van der Waals surface area contributed by atoms with Crippen LogP contribution in [0.3, 0.4) is 0 Å². The van der Waals surface area contributed by atoms with E-state index in [2.05, 4.69) is 0 Å². The monoisotopic (exact) mass is 286 g/mol. The highest BCUT2D eigenvalue weighted by Gasteiger charge is 2.05. The second-order valence-electron chi connectivity index (χ2n) is 4.89. The molecule has 0 unspecified atom stereocenters. The van der Waals surface area contributed by atoms with Crippen LogP contribution in [-0.2, 0) is 0 Å². The second-order valence-corrected chi connectivity index (χ2v) is 4.89. The van der Waals surface area contributed by atoms with Crippen LogP contribution in [0, 0.1) is 0 Å². The van der Waals surface area contributed by atoms with E-state index in [-0.39, 0.29) is 5.78 Å². The van der Waals surface area contributed by atoms with Crippen LogP contribution in [0.1, 0.15) is 16.3 Å². The molecule has 0 amide bonds. The molecule has 0 aliphatic heterocycles. The summed E-state index contributed by atoms with van der Waals surface area (Å²) in [5, 5.41) is 0. The van der Waals surface area contributed by atoms with E-state index in [1.807, 2.05) is 68.6 Å². The van der Waals surface area contributed by atoms with Crippen LogP contribution in [0.2, 0.25) is 0 Å². The van der Waals surface area contributed by atoms with Gasteiger partial charge in [0.2, 0.25) is 5.78 Å². The molecule has 0 spiro atoms. The van der Waals surface area contributed by atoms with Crippen molar-refractivity contribution >= 4 is 11.9 Å². The van der Waals surface area contributed by atoms with Crippen molar-refractivity contribution in [3.63, 3.8) is 0 Å². The van der Waals surface area contributed by atoms with Crippen molar-refractivity contribution < 1.29 is 9.21 Å². The minimum atomic E-state index is -0.151. The molecule has 0 radical (unpaired) electrons. The van der Waals surface area contributed by atoms with Crippen LogP contribution >= 0.6 is 0 Å². The second kappa shape index (κ2) is 8.64. The Kier molecular flexibility index (Phi) is 6.81. The third-order valence-electron chi connectivity index (χ3n) is 2.37. The quantitative estimate of drug-likeness (QED) is 0.438. The third-order valence-corrected chi connectivity index (χ3v) is 2.37. The van der Waals surface area contributed by atoms with E-state index in [1.165, 1.54) is 6.08 Å². The van der Waals surface area contributed by atoms with E-state index in [9.17, 15) is 4.79 Å². The van der Waals surface area contributed by atoms with Gasteiger partial charge in [0, 0.05) is 28.2 Å². The summed E-state index contributed by atoms with van der Waals surface area (Å²) in [7, 11) is 7.74. The van der Waals surface area contributed by atoms with Gasteiger partial charge < -0.3 is 14.2 Å². The van der Waals surface area contributed by atoms with Crippen molar-refractivity contribution in [3.8, 4) is 0 Å². The Morgan fingerprint density at radius 2 is 1.57 bits per heavy atom. The number of furan rings is 1. The lowest BCUT2D eigenvalue weighted by atomic mass is 10.3. The normalized spacial score (nSPS) is 12.2.